The maximum atomic E-state index is 12.5. The van der Waals surface area contributed by atoms with Crippen LogP contribution in [0.15, 0.2) is 30.3 Å². The predicted molar refractivity (Wildman–Crippen MR) is 104 cm³/mol. The van der Waals surface area contributed by atoms with Gasteiger partial charge in [0.05, 0.1) is 0 Å². The van der Waals surface area contributed by atoms with E-state index in [0.29, 0.717) is 31.1 Å². The van der Waals surface area contributed by atoms with Crippen molar-refractivity contribution in [1.29, 1.82) is 0 Å². The molecule has 28 heavy (non-hydrogen) atoms. The highest BCUT2D eigenvalue weighted by Gasteiger charge is 2.48. The summed E-state index contributed by atoms with van der Waals surface area (Å²) >= 11 is 1.32. The summed E-state index contributed by atoms with van der Waals surface area (Å²) in [5.41, 5.74) is 0.0372. The Kier molecular flexibility index (Phi) is 4.71. The van der Waals surface area contributed by atoms with Crippen molar-refractivity contribution >= 4 is 34.4 Å². The number of piperidine rings is 1. The smallest absolute Gasteiger partial charge is 0.323 e. The third-order valence-corrected chi connectivity index (χ3v) is 6.22. The summed E-state index contributed by atoms with van der Waals surface area (Å²) in [6.45, 7) is 2.74. The zero-order chi connectivity index (χ0) is 19.7. The Hall–Kier alpha value is -3.01. The first-order valence-electron chi connectivity index (χ1n) is 9.04. The molecule has 4 rings (SSSR count). The lowest BCUT2D eigenvalue weighted by Gasteiger charge is -2.38. The largest absolute Gasteiger partial charge is 0.324 e. The second kappa shape index (κ2) is 7.19. The normalized spacial score (nSPS) is 22.7. The summed E-state index contributed by atoms with van der Waals surface area (Å²) in [6, 6.07) is 8.96. The number of nitrogens with one attached hydrogen (secondary N) is 3. The molecule has 1 atom stereocenters. The standard InChI is InChI=1S/C18H20N6O3S/c1-18(14(25)19-15(26)21-18)12-7-9-24(10-8-12)17(27)20-16-23-22-13(28-16)11-5-3-2-4-6-11/h2-6,12H,7-10H2,1H3,(H,20,23,27)(H2,19,21,25,26). The van der Waals surface area contributed by atoms with Crippen molar-refractivity contribution in [2.75, 3.05) is 18.4 Å². The number of hydrogen-bond donors (Lipinski definition) is 3. The molecule has 0 spiro atoms. The molecule has 2 aromatic rings. The fraction of sp³-hybridized carbons (Fsp3) is 0.389. The summed E-state index contributed by atoms with van der Waals surface area (Å²) in [5.74, 6) is -0.322. The maximum absolute atomic E-state index is 12.5. The molecule has 0 radical (unpaired) electrons. The van der Waals surface area contributed by atoms with E-state index < -0.39 is 11.6 Å². The van der Waals surface area contributed by atoms with Crippen LogP contribution in [0.25, 0.3) is 10.6 Å². The summed E-state index contributed by atoms with van der Waals surface area (Å²) in [7, 11) is 0. The fourth-order valence-corrected chi connectivity index (χ4v) is 4.38. The van der Waals surface area contributed by atoms with Gasteiger partial charge in [0.2, 0.25) is 5.13 Å². The molecular weight excluding hydrogens is 380 g/mol. The Morgan fingerprint density at radius 3 is 2.57 bits per heavy atom. The van der Waals surface area contributed by atoms with Crippen LogP contribution in [-0.4, -0.2) is 51.7 Å². The molecule has 9 nitrogen and oxygen atoms in total. The summed E-state index contributed by atoms with van der Waals surface area (Å²) in [4.78, 5) is 37.8. The van der Waals surface area contributed by atoms with Gasteiger partial charge in [-0.3, -0.25) is 15.4 Å². The number of hydrogen-bond acceptors (Lipinski definition) is 6. The van der Waals surface area contributed by atoms with Gasteiger partial charge in [-0.25, -0.2) is 9.59 Å². The lowest BCUT2D eigenvalue weighted by Crippen LogP contribution is -2.54. The van der Waals surface area contributed by atoms with E-state index in [-0.39, 0.29) is 17.9 Å². The number of carbonyl (C=O) groups is 3. The molecule has 2 saturated heterocycles. The van der Waals surface area contributed by atoms with E-state index in [1.807, 2.05) is 30.3 Å². The van der Waals surface area contributed by atoms with Crippen LogP contribution in [0, 0.1) is 5.92 Å². The molecule has 1 unspecified atom stereocenters. The zero-order valence-corrected chi connectivity index (χ0v) is 16.1. The van der Waals surface area contributed by atoms with Crippen molar-refractivity contribution in [2.45, 2.75) is 25.3 Å². The van der Waals surface area contributed by atoms with Crippen molar-refractivity contribution in [3.05, 3.63) is 30.3 Å². The molecule has 146 valence electrons. The third kappa shape index (κ3) is 3.42. The van der Waals surface area contributed by atoms with Crippen molar-refractivity contribution in [3.8, 4) is 10.6 Å². The summed E-state index contributed by atoms with van der Waals surface area (Å²) < 4.78 is 0. The van der Waals surface area contributed by atoms with E-state index in [9.17, 15) is 14.4 Å². The van der Waals surface area contributed by atoms with Crippen LogP contribution in [0.1, 0.15) is 19.8 Å². The van der Waals surface area contributed by atoms with Gasteiger partial charge in [-0.15, -0.1) is 10.2 Å². The maximum Gasteiger partial charge on any atom is 0.323 e. The van der Waals surface area contributed by atoms with Gasteiger partial charge in [0, 0.05) is 18.7 Å². The molecule has 2 fully saturated rings. The number of aromatic nitrogens is 2. The number of urea groups is 2. The van der Waals surface area contributed by atoms with Crippen LogP contribution in [-0.2, 0) is 4.79 Å². The molecule has 3 heterocycles. The number of likely N-dealkylation sites (tertiary alicyclic amines) is 1. The Bertz CT molecular complexity index is 909. The summed E-state index contributed by atoms with van der Waals surface area (Å²) in [6.07, 6.45) is 1.26. The molecule has 5 amide bonds. The van der Waals surface area contributed by atoms with Gasteiger partial charge in [-0.1, -0.05) is 41.7 Å². The van der Waals surface area contributed by atoms with Gasteiger partial charge >= 0.3 is 12.1 Å². The van der Waals surface area contributed by atoms with Crippen LogP contribution in [0.5, 0.6) is 0 Å². The van der Waals surface area contributed by atoms with E-state index in [1.165, 1.54) is 11.3 Å². The highest BCUT2D eigenvalue weighted by atomic mass is 32.1. The van der Waals surface area contributed by atoms with Crippen molar-refractivity contribution in [3.63, 3.8) is 0 Å². The topological polar surface area (TPSA) is 116 Å². The van der Waals surface area contributed by atoms with Gasteiger partial charge < -0.3 is 10.2 Å². The Balaban J connectivity index is 1.34. The molecule has 10 heteroatoms. The molecule has 0 aliphatic carbocycles. The average molecular weight is 400 g/mol. The molecule has 2 aliphatic heterocycles. The lowest BCUT2D eigenvalue weighted by molar-refractivity contribution is -0.125. The van der Waals surface area contributed by atoms with Crippen LogP contribution < -0.4 is 16.0 Å². The van der Waals surface area contributed by atoms with Gasteiger partial charge in [0.15, 0.2) is 0 Å². The molecule has 1 aromatic carbocycles. The molecule has 0 saturated carbocycles. The van der Waals surface area contributed by atoms with E-state index in [0.717, 1.165) is 10.6 Å². The number of amides is 5. The highest BCUT2D eigenvalue weighted by molar-refractivity contribution is 7.18. The van der Waals surface area contributed by atoms with E-state index in [1.54, 1.807) is 11.8 Å². The number of rotatable bonds is 3. The van der Waals surface area contributed by atoms with Gasteiger partial charge in [0.25, 0.3) is 5.91 Å². The van der Waals surface area contributed by atoms with Crippen molar-refractivity contribution < 1.29 is 14.4 Å². The quantitative estimate of drug-likeness (QED) is 0.682. The molecular formula is C18H20N6O3S. The van der Waals surface area contributed by atoms with Gasteiger partial charge in [-0.2, -0.15) is 0 Å². The van der Waals surface area contributed by atoms with Crippen LogP contribution >= 0.6 is 11.3 Å². The number of benzene rings is 1. The SMILES string of the molecule is CC1(C2CCN(C(=O)Nc3nnc(-c4ccccc4)s3)CC2)NC(=O)NC1=O. The number of imide groups is 1. The van der Waals surface area contributed by atoms with Crippen LogP contribution in [0.4, 0.5) is 14.7 Å². The highest BCUT2D eigenvalue weighted by Crippen LogP contribution is 2.31. The predicted octanol–water partition coefficient (Wildman–Crippen LogP) is 2.05. The first-order chi connectivity index (χ1) is 13.5. The van der Waals surface area contributed by atoms with Gasteiger partial charge in [0.1, 0.15) is 10.5 Å². The Morgan fingerprint density at radius 1 is 1.21 bits per heavy atom. The molecule has 1 aromatic heterocycles. The van der Waals surface area contributed by atoms with E-state index >= 15 is 0 Å². The first kappa shape index (κ1) is 18.4. The third-order valence-electron chi connectivity index (χ3n) is 5.33. The second-order valence-electron chi connectivity index (χ2n) is 7.08. The molecule has 2 aliphatic rings. The zero-order valence-electron chi connectivity index (χ0n) is 15.3. The number of carbonyl (C=O) groups excluding carboxylic acids is 3. The minimum atomic E-state index is -0.913. The minimum absolute atomic E-state index is 0.0192. The van der Waals surface area contributed by atoms with Gasteiger partial charge in [-0.05, 0) is 25.7 Å². The molecule has 3 N–H and O–H groups in total. The fourth-order valence-electron chi connectivity index (χ4n) is 3.65. The van der Waals surface area contributed by atoms with Crippen LogP contribution in [0.3, 0.4) is 0 Å². The van der Waals surface area contributed by atoms with Crippen LogP contribution in [0.2, 0.25) is 0 Å². The minimum Gasteiger partial charge on any atom is -0.324 e. The second-order valence-corrected chi connectivity index (χ2v) is 8.06. The van der Waals surface area contributed by atoms with E-state index in [2.05, 4.69) is 26.1 Å². The van der Waals surface area contributed by atoms with Crippen molar-refractivity contribution in [2.24, 2.45) is 5.92 Å². The summed E-state index contributed by atoms with van der Waals surface area (Å²) in [5, 5.41) is 17.2. The first-order valence-corrected chi connectivity index (χ1v) is 9.86. The Labute approximate surface area is 165 Å². The van der Waals surface area contributed by atoms with Crippen molar-refractivity contribution in [1.82, 2.24) is 25.7 Å². The number of anilines is 1. The Morgan fingerprint density at radius 2 is 1.93 bits per heavy atom. The average Bonchev–Trinajstić information content (AvgIpc) is 3.27. The number of nitrogens with zero attached hydrogens (tertiary/aromatic N) is 3. The molecule has 0 bridgehead atoms. The monoisotopic (exact) mass is 400 g/mol. The van der Waals surface area contributed by atoms with E-state index in [4.69, 9.17) is 0 Å². The lowest BCUT2D eigenvalue weighted by atomic mass is 9.79.